The normalized spacial score (nSPS) is 14.1. The zero-order valence-corrected chi connectivity index (χ0v) is 15.4. The van der Waals surface area contributed by atoms with Gasteiger partial charge in [-0.15, -0.1) is 0 Å². The maximum absolute atomic E-state index is 12.8. The fraction of sp³-hybridized carbons (Fsp3) is 0.333. The van der Waals surface area contributed by atoms with Gasteiger partial charge in [0, 0.05) is 12.5 Å². The monoisotopic (exact) mass is 425 g/mol. The summed E-state index contributed by atoms with van der Waals surface area (Å²) in [6, 6.07) is 11.2. The van der Waals surface area contributed by atoms with E-state index in [1.54, 1.807) is 24.3 Å². The van der Waals surface area contributed by atoms with Crippen LogP contribution in [0.5, 0.6) is 0 Å². The highest BCUT2D eigenvalue weighted by atomic mass is 32.2. The lowest BCUT2D eigenvalue weighted by Gasteiger charge is -2.20. The Morgan fingerprint density at radius 1 is 0.857 bits per heavy atom. The van der Waals surface area contributed by atoms with E-state index in [-0.39, 0.29) is 6.42 Å². The molecule has 0 aromatic heterocycles. The van der Waals surface area contributed by atoms with Gasteiger partial charge in [-0.25, -0.2) is 13.1 Å². The maximum Gasteiger partial charge on any atom is 0.511 e. The Labute approximate surface area is 158 Å². The molecule has 1 N–H and O–H groups in total. The van der Waals surface area contributed by atoms with E-state index in [1.165, 1.54) is 16.9 Å². The van der Waals surface area contributed by atoms with E-state index < -0.39 is 39.7 Å². The van der Waals surface area contributed by atoms with Gasteiger partial charge in [0.05, 0.1) is 5.56 Å². The average molecular weight is 425 g/mol. The molecule has 0 heterocycles. The van der Waals surface area contributed by atoms with Crippen molar-refractivity contribution in [1.29, 1.82) is 0 Å². The van der Waals surface area contributed by atoms with Crippen LogP contribution in [0, 0.1) is 6.92 Å². The van der Waals surface area contributed by atoms with Crippen LogP contribution in [0.3, 0.4) is 0 Å². The molecule has 0 saturated heterocycles. The zero-order valence-electron chi connectivity index (χ0n) is 14.6. The molecule has 0 aliphatic heterocycles. The summed E-state index contributed by atoms with van der Waals surface area (Å²) < 4.78 is 99.4. The zero-order chi connectivity index (χ0) is 21.2. The predicted molar refractivity (Wildman–Crippen MR) is 92.1 cm³/mol. The van der Waals surface area contributed by atoms with Crippen molar-refractivity contribution in [1.82, 2.24) is 4.72 Å². The van der Waals surface area contributed by atoms with Gasteiger partial charge < -0.3 is 0 Å². The summed E-state index contributed by atoms with van der Waals surface area (Å²) in [5.41, 5.74) is -4.27. The van der Waals surface area contributed by atoms with Crippen molar-refractivity contribution in [3.8, 4) is 0 Å². The van der Waals surface area contributed by atoms with Crippen LogP contribution >= 0.6 is 0 Å². The third-order valence-electron chi connectivity index (χ3n) is 4.15. The number of nitrogens with one attached hydrogen (secondary N) is 1. The molecule has 0 saturated carbocycles. The first kappa shape index (κ1) is 22.2. The number of halogens is 6. The van der Waals surface area contributed by atoms with Gasteiger partial charge in [0.1, 0.15) is 0 Å². The first-order valence-electron chi connectivity index (χ1n) is 8.11. The highest BCUT2D eigenvalue weighted by Gasteiger charge is 2.45. The minimum atomic E-state index is -5.49. The number of hydrogen-bond acceptors (Lipinski definition) is 2. The third kappa shape index (κ3) is 5.48. The first-order chi connectivity index (χ1) is 12.8. The molecule has 28 heavy (non-hydrogen) atoms. The van der Waals surface area contributed by atoms with Crippen LogP contribution in [0.2, 0.25) is 0 Å². The van der Waals surface area contributed by atoms with Crippen molar-refractivity contribution in [3.63, 3.8) is 0 Å². The molecule has 10 heteroatoms. The minimum Gasteiger partial charge on any atom is -0.207 e. The second kappa shape index (κ2) is 8.12. The van der Waals surface area contributed by atoms with Gasteiger partial charge in [0.25, 0.3) is 0 Å². The molecule has 0 fully saturated rings. The molecule has 0 bridgehead atoms. The number of alkyl halides is 6. The molecule has 3 nitrogen and oxygen atoms in total. The van der Waals surface area contributed by atoms with E-state index in [9.17, 15) is 34.8 Å². The SMILES string of the molecule is Cc1ccc(C(CCNS(=O)(=O)C(F)(F)F)c2ccc(C(F)(F)F)cc2)cc1. The molecule has 2 aromatic carbocycles. The average Bonchev–Trinajstić information content (AvgIpc) is 2.58. The van der Waals surface area contributed by atoms with Gasteiger partial charge in [-0.05, 0) is 36.6 Å². The van der Waals surface area contributed by atoms with Gasteiger partial charge in [0.15, 0.2) is 0 Å². The van der Waals surface area contributed by atoms with Crippen molar-refractivity contribution in [2.75, 3.05) is 6.54 Å². The number of rotatable bonds is 6. The molecule has 154 valence electrons. The van der Waals surface area contributed by atoms with Crippen LogP contribution in [0.1, 0.15) is 34.6 Å². The maximum atomic E-state index is 12.8. The Balaban J connectivity index is 2.27. The Kier molecular flexibility index (Phi) is 6.44. The van der Waals surface area contributed by atoms with E-state index in [1.807, 2.05) is 6.92 Å². The summed E-state index contributed by atoms with van der Waals surface area (Å²) in [6.45, 7) is 1.30. The summed E-state index contributed by atoms with van der Waals surface area (Å²) in [5, 5.41) is 0. The number of hydrogen-bond donors (Lipinski definition) is 1. The minimum absolute atomic E-state index is 0.0657. The van der Waals surface area contributed by atoms with Crippen LogP contribution in [0.25, 0.3) is 0 Å². The van der Waals surface area contributed by atoms with E-state index in [0.717, 1.165) is 17.7 Å². The van der Waals surface area contributed by atoms with E-state index in [2.05, 4.69) is 0 Å². The lowest BCUT2D eigenvalue weighted by Crippen LogP contribution is -2.37. The number of sulfonamides is 1. The Hall–Kier alpha value is -2.07. The topological polar surface area (TPSA) is 46.2 Å². The molecule has 0 radical (unpaired) electrons. The van der Waals surface area contributed by atoms with Gasteiger partial charge in [-0.3, -0.25) is 0 Å². The third-order valence-corrected chi connectivity index (χ3v) is 5.34. The number of benzene rings is 2. The fourth-order valence-electron chi connectivity index (χ4n) is 2.65. The molecule has 1 unspecified atom stereocenters. The predicted octanol–water partition coefficient (Wildman–Crippen LogP) is 4.98. The second-order valence-electron chi connectivity index (χ2n) is 6.22. The highest BCUT2D eigenvalue weighted by Crippen LogP contribution is 2.33. The summed E-state index contributed by atoms with van der Waals surface area (Å²) in [5.74, 6) is -0.584. The highest BCUT2D eigenvalue weighted by molar-refractivity contribution is 7.90. The lowest BCUT2D eigenvalue weighted by atomic mass is 9.88. The Bertz CT molecular complexity index is 888. The van der Waals surface area contributed by atoms with Crippen LogP contribution in [-0.2, 0) is 16.2 Å². The standard InChI is InChI=1S/C18H17F6NO2S/c1-12-2-4-13(5-3-12)16(10-11-25-28(26,27)18(22,23)24)14-6-8-15(9-7-14)17(19,20)21/h2-9,16,25H,10-11H2,1H3. The van der Waals surface area contributed by atoms with E-state index in [0.29, 0.717) is 11.1 Å². The summed E-state index contributed by atoms with van der Waals surface area (Å²) in [7, 11) is -5.49. The van der Waals surface area contributed by atoms with E-state index >= 15 is 0 Å². The van der Waals surface area contributed by atoms with E-state index in [4.69, 9.17) is 0 Å². The van der Waals surface area contributed by atoms with Crippen LogP contribution in [0.15, 0.2) is 48.5 Å². The summed E-state index contributed by atoms with van der Waals surface area (Å²) in [4.78, 5) is 0. The molecule has 0 amide bonds. The molecule has 0 aliphatic rings. The quantitative estimate of drug-likeness (QED) is 0.664. The van der Waals surface area contributed by atoms with Crippen molar-refractivity contribution < 1.29 is 34.8 Å². The smallest absolute Gasteiger partial charge is 0.207 e. The molecular formula is C18H17F6NO2S. The van der Waals surface area contributed by atoms with Crippen molar-refractivity contribution >= 4 is 10.0 Å². The lowest BCUT2D eigenvalue weighted by molar-refractivity contribution is -0.137. The fourth-order valence-corrected chi connectivity index (χ4v) is 3.20. The van der Waals surface area contributed by atoms with Gasteiger partial charge >= 0.3 is 21.7 Å². The summed E-state index contributed by atoms with van der Waals surface area (Å²) >= 11 is 0. The largest absolute Gasteiger partial charge is 0.511 e. The van der Waals surface area contributed by atoms with Gasteiger partial charge in [0.2, 0.25) is 0 Å². The second-order valence-corrected chi connectivity index (χ2v) is 7.97. The van der Waals surface area contributed by atoms with Crippen LogP contribution in [-0.4, -0.2) is 20.5 Å². The van der Waals surface area contributed by atoms with Crippen molar-refractivity contribution in [2.24, 2.45) is 0 Å². The Morgan fingerprint density at radius 2 is 1.32 bits per heavy atom. The summed E-state index contributed by atoms with van der Waals surface area (Å²) in [6.07, 6.45) is -4.58. The molecule has 2 rings (SSSR count). The van der Waals surface area contributed by atoms with Crippen molar-refractivity contribution in [3.05, 3.63) is 70.8 Å². The molecule has 2 aromatic rings. The first-order valence-corrected chi connectivity index (χ1v) is 9.59. The molecule has 0 aliphatic carbocycles. The van der Waals surface area contributed by atoms with Crippen molar-refractivity contribution in [2.45, 2.75) is 30.9 Å². The van der Waals surface area contributed by atoms with Gasteiger partial charge in [-0.1, -0.05) is 42.0 Å². The number of aryl methyl sites for hydroxylation is 1. The van der Waals surface area contributed by atoms with Crippen LogP contribution < -0.4 is 4.72 Å². The van der Waals surface area contributed by atoms with Gasteiger partial charge in [-0.2, -0.15) is 26.3 Å². The molecule has 1 atom stereocenters. The molecular weight excluding hydrogens is 408 g/mol. The van der Waals surface area contributed by atoms with Crippen LogP contribution in [0.4, 0.5) is 26.3 Å². The molecule has 0 spiro atoms. The Morgan fingerprint density at radius 3 is 1.75 bits per heavy atom.